The van der Waals surface area contributed by atoms with E-state index >= 15 is 0 Å². The third-order valence-electron chi connectivity index (χ3n) is 3.10. The van der Waals surface area contributed by atoms with E-state index in [1.807, 2.05) is 37.3 Å². The van der Waals surface area contributed by atoms with Crippen LogP contribution in [-0.4, -0.2) is 0 Å². The topological polar surface area (TPSA) is 26.0 Å². The van der Waals surface area contributed by atoms with Crippen LogP contribution in [0.1, 0.15) is 22.7 Å². The van der Waals surface area contributed by atoms with E-state index < -0.39 is 0 Å². The highest BCUT2D eigenvalue weighted by Gasteiger charge is 2.13. The van der Waals surface area contributed by atoms with Gasteiger partial charge in [-0.3, -0.25) is 0 Å². The van der Waals surface area contributed by atoms with Crippen LogP contribution in [0.2, 0.25) is 15.1 Å². The molecule has 0 aliphatic rings. The number of rotatable bonds is 3. The summed E-state index contributed by atoms with van der Waals surface area (Å²) in [6.45, 7) is 2.00. The molecule has 1 unspecified atom stereocenters. The predicted octanol–water partition coefficient (Wildman–Crippen LogP) is 5.20. The van der Waals surface area contributed by atoms with Crippen molar-refractivity contribution in [2.24, 2.45) is 5.73 Å². The number of hydrogen-bond acceptors (Lipinski definition) is 1. The van der Waals surface area contributed by atoms with Gasteiger partial charge in [0.2, 0.25) is 0 Å². The highest BCUT2D eigenvalue weighted by Crippen LogP contribution is 2.29. The summed E-state index contributed by atoms with van der Waals surface area (Å²) >= 11 is 18.1. The molecule has 2 aromatic rings. The molecule has 100 valence electrons. The van der Waals surface area contributed by atoms with Gasteiger partial charge >= 0.3 is 0 Å². The molecule has 19 heavy (non-hydrogen) atoms. The minimum atomic E-state index is -0.131. The zero-order valence-electron chi connectivity index (χ0n) is 10.5. The molecule has 0 radical (unpaired) electrons. The Labute approximate surface area is 128 Å². The smallest absolute Gasteiger partial charge is 0.0624 e. The summed E-state index contributed by atoms with van der Waals surface area (Å²) < 4.78 is 0. The third-order valence-corrected chi connectivity index (χ3v) is 4.20. The van der Waals surface area contributed by atoms with Gasteiger partial charge in [-0.1, -0.05) is 53.0 Å². The molecule has 0 aliphatic heterocycles. The van der Waals surface area contributed by atoms with Crippen LogP contribution >= 0.6 is 34.8 Å². The molecule has 0 aromatic heterocycles. The second kappa shape index (κ2) is 6.15. The van der Waals surface area contributed by atoms with Crippen molar-refractivity contribution >= 4 is 34.8 Å². The number of aryl methyl sites for hydroxylation is 1. The number of hydrogen-bond donors (Lipinski definition) is 1. The van der Waals surface area contributed by atoms with Crippen molar-refractivity contribution < 1.29 is 0 Å². The molecule has 2 aromatic carbocycles. The lowest BCUT2D eigenvalue weighted by Crippen LogP contribution is -2.15. The van der Waals surface area contributed by atoms with Crippen LogP contribution < -0.4 is 5.73 Å². The second-order valence-corrected chi connectivity index (χ2v) is 5.75. The largest absolute Gasteiger partial charge is 0.324 e. The van der Waals surface area contributed by atoms with Crippen molar-refractivity contribution in [2.75, 3.05) is 0 Å². The van der Waals surface area contributed by atoms with Gasteiger partial charge in [-0.25, -0.2) is 0 Å². The molecule has 0 spiro atoms. The Morgan fingerprint density at radius 2 is 1.84 bits per heavy atom. The molecule has 0 aliphatic carbocycles. The van der Waals surface area contributed by atoms with E-state index in [0.717, 1.165) is 16.7 Å². The lowest BCUT2D eigenvalue weighted by atomic mass is 9.96. The standard InChI is InChI=1S/C15H14Cl3N/c1-9-7-11(16)5-6-12(9)14(19)8-10-3-2-4-13(17)15(10)18/h2-7,14H,8,19H2,1H3. The van der Waals surface area contributed by atoms with E-state index in [9.17, 15) is 0 Å². The van der Waals surface area contributed by atoms with E-state index in [-0.39, 0.29) is 6.04 Å². The van der Waals surface area contributed by atoms with Gasteiger partial charge in [0, 0.05) is 11.1 Å². The van der Waals surface area contributed by atoms with Crippen molar-refractivity contribution in [3.63, 3.8) is 0 Å². The first-order chi connectivity index (χ1) is 8.99. The first-order valence-corrected chi connectivity index (χ1v) is 7.07. The van der Waals surface area contributed by atoms with Crippen molar-refractivity contribution in [1.29, 1.82) is 0 Å². The fourth-order valence-electron chi connectivity index (χ4n) is 2.11. The maximum Gasteiger partial charge on any atom is 0.0624 e. The Kier molecular flexibility index (Phi) is 4.75. The van der Waals surface area contributed by atoms with Crippen LogP contribution in [0, 0.1) is 6.92 Å². The van der Waals surface area contributed by atoms with Gasteiger partial charge in [0.05, 0.1) is 10.0 Å². The van der Waals surface area contributed by atoms with Crippen LogP contribution in [0.3, 0.4) is 0 Å². The first-order valence-electron chi connectivity index (χ1n) is 5.93. The van der Waals surface area contributed by atoms with E-state index in [1.54, 1.807) is 6.07 Å². The maximum absolute atomic E-state index is 6.25. The Morgan fingerprint density at radius 1 is 1.11 bits per heavy atom. The van der Waals surface area contributed by atoms with Crippen LogP contribution in [0.4, 0.5) is 0 Å². The minimum absolute atomic E-state index is 0.131. The van der Waals surface area contributed by atoms with Crippen molar-refractivity contribution in [3.8, 4) is 0 Å². The fourth-order valence-corrected chi connectivity index (χ4v) is 2.73. The molecule has 0 saturated carbocycles. The van der Waals surface area contributed by atoms with E-state index in [2.05, 4.69) is 0 Å². The Hall–Kier alpha value is -0.730. The van der Waals surface area contributed by atoms with E-state index in [4.69, 9.17) is 40.5 Å². The summed E-state index contributed by atoms with van der Waals surface area (Å²) in [4.78, 5) is 0. The molecular formula is C15H14Cl3N. The Morgan fingerprint density at radius 3 is 2.53 bits per heavy atom. The maximum atomic E-state index is 6.25. The van der Waals surface area contributed by atoms with Gasteiger partial charge in [-0.15, -0.1) is 0 Å². The van der Waals surface area contributed by atoms with Gasteiger partial charge in [0.1, 0.15) is 0 Å². The molecule has 2 rings (SSSR count). The van der Waals surface area contributed by atoms with Gasteiger partial charge in [-0.05, 0) is 48.2 Å². The molecule has 0 bridgehead atoms. The van der Waals surface area contributed by atoms with Crippen molar-refractivity contribution in [3.05, 3.63) is 68.2 Å². The molecule has 0 heterocycles. The zero-order chi connectivity index (χ0) is 14.0. The van der Waals surface area contributed by atoms with Crippen LogP contribution in [0.25, 0.3) is 0 Å². The van der Waals surface area contributed by atoms with Gasteiger partial charge in [-0.2, -0.15) is 0 Å². The fraction of sp³-hybridized carbons (Fsp3) is 0.200. The molecule has 2 N–H and O–H groups in total. The molecule has 0 amide bonds. The van der Waals surface area contributed by atoms with E-state index in [0.29, 0.717) is 21.5 Å². The van der Waals surface area contributed by atoms with Crippen LogP contribution in [-0.2, 0) is 6.42 Å². The lowest BCUT2D eigenvalue weighted by Gasteiger charge is -2.16. The normalized spacial score (nSPS) is 12.5. The average molecular weight is 315 g/mol. The summed E-state index contributed by atoms with van der Waals surface area (Å²) in [5.41, 5.74) is 9.36. The third kappa shape index (κ3) is 3.43. The Bertz CT molecular complexity index is 596. The SMILES string of the molecule is Cc1cc(Cl)ccc1C(N)Cc1cccc(Cl)c1Cl. The highest BCUT2D eigenvalue weighted by molar-refractivity contribution is 6.42. The average Bonchev–Trinajstić information content (AvgIpc) is 2.34. The summed E-state index contributed by atoms with van der Waals surface area (Å²) in [6, 6.07) is 11.2. The summed E-state index contributed by atoms with van der Waals surface area (Å²) in [5, 5.41) is 1.85. The zero-order valence-corrected chi connectivity index (χ0v) is 12.7. The molecule has 1 atom stereocenters. The summed E-state index contributed by atoms with van der Waals surface area (Å²) in [5.74, 6) is 0. The van der Waals surface area contributed by atoms with Crippen LogP contribution in [0.15, 0.2) is 36.4 Å². The van der Waals surface area contributed by atoms with E-state index in [1.165, 1.54) is 0 Å². The lowest BCUT2D eigenvalue weighted by molar-refractivity contribution is 0.717. The molecule has 0 saturated heterocycles. The van der Waals surface area contributed by atoms with Gasteiger partial charge in [0.25, 0.3) is 0 Å². The minimum Gasteiger partial charge on any atom is -0.324 e. The van der Waals surface area contributed by atoms with Gasteiger partial charge < -0.3 is 5.73 Å². The summed E-state index contributed by atoms with van der Waals surface area (Å²) in [6.07, 6.45) is 0.641. The van der Waals surface area contributed by atoms with Crippen molar-refractivity contribution in [1.82, 2.24) is 0 Å². The van der Waals surface area contributed by atoms with Crippen molar-refractivity contribution in [2.45, 2.75) is 19.4 Å². The Balaban J connectivity index is 2.25. The highest BCUT2D eigenvalue weighted by atomic mass is 35.5. The number of nitrogens with two attached hydrogens (primary N) is 1. The molecule has 1 nitrogen and oxygen atoms in total. The predicted molar refractivity (Wildman–Crippen MR) is 83.3 cm³/mol. The summed E-state index contributed by atoms with van der Waals surface area (Å²) in [7, 11) is 0. The molecule has 0 fully saturated rings. The second-order valence-electron chi connectivity index (χ2n) is 4.52. The quantitative estimate of drug-likeness (QED) is 0.828. The van der Waals surface area contributed by atoms with Gasteiger partial charge in [0.15, 0.2) is 0 Å². The molecular weight excluding hydrogens is 301 g/mol. The number of benzene rings is 2. The monoisotopic (exact) mass is 313 g/mol. The molecule has 4 heteroatoms. The first kappa shape index (κ1) is 14.7. The number of halogens is 3. The van der Waals surface area contributed by atoms with Crippen LogP contribution in [0.5, 0.6) is 0 Å².